The van der Waals surface area contributed by atoms with Crippen molar-refractivity contribution in [2.75, 3.05) is 17.7 Å². The van der Waals surface area contributed by atoms with Gasteiger partial charge in [-0.15, -0.1) is 0 Å². The van der Waals surface area contributed by atoms with Gasteiger partial charge in [-0.2, -0.15) is 0 Å². The molecule has 2 amide bonds. The van der Waals surface area contributed by atoms with E-state index in [1.165, 1.54) is 13.2 Å². The van der Waals surface area contributed by atoms with E-state index >= 15 is 0 Å². The van der Waals surface area contributed by atoms with E-state index in [9.17, 15) is 9.18 Å². The molecule has 2 aromatic rings. The molecule has 0 spiro atoms. The maximum Gasteiger partial charge on any atom is 0.497 e. The van der Waals surface area contributed by atoms with Gasteiger partial charge in [0, 0.05) is 11.2 Å². The number of urea groups is 1. The minimum atomic E-state index is -0.804. The van der Waals surface area contributed by atoms with Crippen molar-refractivity contribution >= 4 is 30.0 Å². The number of halogens is 1. The van der Waals surface area contributed by atoms with Crippen molar-refractivity contribution < 1.29 is 23.2 Å². The van der Waals surface area contributed by atoms with Gasteiger partial charge in [-0.25, -0.2) is 9.18 Å². The van der Waals surface area contributed by atoms with E-state index in [2.05, 4.69) is 10.6 Å². The van der Waals surface area contributed by atoms with Gasteiger partial charge in [0.15, 0.2) is 0 Å². The summed E-state index contributed by atoms with van der Waals surface area (Å²) in [4.78, 5) is 12.2. The van der Waals surface area contributed by atoms with Crippen LogP contribution in [-0.4, -0.2) is 31.5 Å². The quantitative estimate of drug-likeness (QED) is 0.785. The van der Waals surface area contributed by atoms with Crippen LogP contribution in [0.2, 0.25) is 0 Å². The first kappa shape index (κ1) is 20.2. The van der Waals surface area contributed by atoms with E-state index < -0.39 is 30.2 Å². The van der Waals surface area contributed by atoms with Gasteiger partial charge in [-0.3, -0.25) is 0 Å². The van der Waals surface area contributed by atoms with Gasteiger partial charge < -0.3 is 24.7 Å². The fourth-order valence-corrected chi connectivity index (χ4v) is 2.80. The lowest BCUT2D eigenvalue weighted by atomic mass is 9.78. The van der Waals surface area contributed by atoms with Crippen LogP contribution in [0, 0.1) is 5.82 Å². The average molecular weight is 386 g/mol. The van der Waals surface area contributed by atoms with Crippen molar-refractivity contribution in [3.05, 3.63) is 48.3 Å². The number of para-hydroxylation sites is 2. The number of hydrogen-bond donors (Lipinski definition) is 2. The highest BCUT2D eigenvalue weighted by atomic mass is 19.1. The zero-order valence-electron chi connectivity index (χ0n) is 16.6. The molecule has 1 heterocycles. The minimum absolute atomic E-state index is 0.286. The highest BCUT2D eigenvalue weighted by molar-refractivity contribution is 6.62. The Labute approximate surface area is 164 Å². The molecule has 0 saturated carbocycles. The Morgan fingerprint density at radius 1 is 1.04 bits per heavy atom. The van der Waals surface area contributed by atoms with Crippen LogP contribution in [0.25, 0.3) is 0 Å². The van der Waals surface area contributed by atoms with Gasteiger partial charge >= 0.3 is 13.1 Å². The molecule has 2 N–H and O–H groups in total. The summed E-state index contributed by atoms with van der Waals surface area (Å²) < 4.78 is 31.6. The van der Waals surface area contributed by atoms with Gasteiger partial charge in [0.05, 0.1) is 24.0 Å². The van der Waals surface area contributed by atoms with Crippen LogP contribution in [0.5, 0.6) is 5.75 Å². The predicted molar refractivity (Wildman–Crippen MR) is 108 cm³/mol. The summed E-state index contributed by atoms with van der Waals surface area (Å²) in [7, 11) is 0.712. The molecule has 8 heteroatoms. The van der Waals surface area contributed by atoms with Crippen molar-refractivity contribution in [2.45, 2.75) is 38.9 Å². The van der Waals surface area contributed by atoms with E-state index in [-0.39, 0.29) is 5.46 Å². The Morgan fingerprint density at radius 3 is 2.29 bits per heavy atom. The van der Waals surface area contributed by atoms with E-state index in [0.717, 1.165) is 0 Å². The van der Waals surface area contributed by atoms with Crippen LogP contribution in [0.4, 0.5) is 20.6 Å². The first-order valence-electron chi connectivity index (χ1n) is 8.99. The van der Waals surface area contributed by atoms with Gasteiger partial charge in [0.1, 0.15) is 11.6 Å². The van der Waals surface area contributed by atoms with Crippen LogP contribution in [0.3, 0.4) is 0 Å². The maximum absolute atomic E-state index is 14.6. The monoisotopic (exact) mass is 386 g/mol. The minimum Gasteiger partial charge on any atom is -0.495 e. The SMILES string of the molecule is COc1ccccc1NC(=O)Nc1ccc(B2OC(C)(C)C(C)(C)O2)c(F)c1. The Morgan fingerprint density at radius 2 is 1.68 bits per heavy atom. The predicted octanol–water partition coefficient (Wildman–Crippen LogP) is 3.78. The molecule has 1 aliphatic rings. The number of amides is 2. The number of rotatable bonds is 4. The number of methoxy groups -OCH3 is 1. The first-order chi connectivity index (χ1) is 13.1. The summed E-state index contributed by atoms with van der Waals surface area (Å²) in [6, 6.07) is 10.9. The third-order valence-electron chi connectivity index (χ3n) is 5.12. The standard InChI is InChI=1S/C20H24BFN2O4/c1-19(2)20(3,4)28-21(27-19)14-11-10-13(12-15(14)22)23-18(25)24-16-8-6-7-9-17(16)26-5/h6-12H,1-5H3,(H2,23,24,25). The highest BCUT2D eigenvalue weighted by Gasteiger charge is 2.52. The number of ether oxygens (including phenoxy) is 1. The molecule has 148 valence electrons. The summed E-state index contributed by atoms with van der Waals surface area (Å²) in [5.41, 5.74) is -0.0120. The van der Waals surface area contributed by atoms with E-state index in [1.54, 1.807) is 36.4 Å². The third-order valence-corrected chi connectivity index (χ3v) is 5.12. The second kappa shape index (κ2) is 7.45. The van der Waals surface area contributed by atoms with Crippen molar-refractivity contribution in [1.82, 2.24) is 0 Å². The molecule has 0 aromatic heterocycles. The molecule has 2 aromatic carbocycles. The maximum atomic E-state index is 14.6. The lowest BCUT2D eigenvalue weighted by molar-refractivity contribution is 0.00578. The molecule has 0 unspecified atom stereocenters. The number of anilines is 2. The van der Waals surface area contributed by atoms with Crippen molar-refractivity contribution in [1.29, 1.82) is 0 Å². The number of carbonyl (C=O) groups excluding carboxylic acids is 1. The van der Waals surface area contributed by atoms with Crippen molar-refractivity contribution in [3.63, 3.8) is 0 Å². The average Bonchev–Trinajstić information content (AvgIpc) is 2.82. The zero-order chi connectivity index (χ0) is 20.5. The Balaban J connectivity index is 1.70. The summed E-state index contributed by atoms with van der Waals surface area (Å²) >= 11 is 0. The number of nitrogens with one attached hydrogen (secondary N) is 2. The Hall–Kier alpha value is -2.58. The normalized spacial score (nSPS) is 17.3. The molecule has 28 heavy (non-hydrogen) atoms. The lowest BCUT2D eigenvalue weighted by Gasteiger charge is -2.32. The molecule has 0 atom stereocenters. The molecule has 1 aliphatic heterocycles. The molecule has 1 fully saturated rings. The number of hydrogen-bond acceptors (Lipinski definition) is 4. The zero-order valence-corrected chi connectivity index (χ0v) is 16.6. The van der Waals surface area contributed by atoms with Crippen LogP contribution < -0.4 is 20.8 Å². The fourth-order valence-electron chi connectivity index (χ4n) is 2.80. The second-order valence-electron chi connectivity index (χ2n) is 7.60. The molecular formula is C20H24BFN2O4. The van der Waals surface area contributed by atoms with Gasteiger partial charge in [-0.05, 0) is 52.0 Å². The molecular weight excluding hydrogens is 362 g/mol. The summed E-state index contributed by atoms with van der Waals surface area (Å²) in [5.74, 6) is 0.00790. The molecule has 6 nitrogen and oxygen atoms in total. The Bertz CT molecular complexity index is 872. The summed E-state index contributed by atoms with van der Waals surface area (Å²) in [6.07, 6.45) is 0. The lowest BCUT2D eigenvalue weighted by Crippen LogP contribution is -2.41. The van der Waals surface area contributed by atoms with Crippen molar-refractivity contribution in [3.8, 4) is 5.75 Å². The van der Waals surface area contributed by atoms with Crippen LogP contribution in [-0.2, 0) is 9.31 Å². The van der Waals surface area contributed by atoms with E-state index in [4.69, 9.17) is 14.0 Å². The molecule has 0 bridgehead atoms. The molecule has 0 radical (unpaired) electrons. The first-order valence-corrected chi connectivity index (χ1v) is 8.99. The van der Waals surface area contributed by atoms with Gasteiger partial charge in [0.25, 0.3) is 0 Å². The summed E-state index contributed by atoms with van der Waals surface area (Å²) in [5, 5.41) is 5.28. The number of benzene rings is 2. The van der Waals surface area contributed by atoms with Gasteiger partial charge in [-0.1, -0.05) is 18.2 Å². The van der Waals surface area contributed by atoms with Crippen molar-refractivity contribution in [2.24, 2.45) is 0 Å². The van der Waals surface area contributed by atoms with Gasteiger partial charge in [0.2, 0.25) is 0 Å². The highest BCUT2D eigenvalue weighted by Crippen LogP contribution is 2.36. The summed E-state index contributed by atoms with van der Waals surface area (Å²) in [6.45, 7) is 7.62. The van der Waals surface area contributed by atoms with E-state index in [0.29, 0.717) is 17.1 Å². The smallest absolute Gasteiger partial charge is 0.495 e. The van der Waals surface area contributed by atoms with E-state index in [1.807, 2.05) is 27.7 Å². The van der Waals surface area contributed by atoms with Crippen LogP contribution in [0.15, 0.2) is 42.5 Å². The molecule has 3 rings (SSSR count). The molecule has 1 saturated heterocycles. The third kappa shape index (κ3) is 3.98. The second-order valence-corrected chi connectivity index (χ2v) is 7.60. The topological polar surface area (TPSA) is 68.8 Å². The van der Waals surface area contributed by atoms with Crippen LogP contribution >= 0.6 is 0 Å². The molecule has 0 aliphatic carbocycles. The Kier molecular flexibility index (Phi) is 5.36. The number of carbonyl (C=O) groups is 1. The van der Waals surface area contributed by atoms with Crippen LogP contribution in [0.1, 0.15) is 27.7 Å². The largest absolute Gasteiger partial charge is 0.497 e. The fraction of sp³-hybridized carbons (Fsp3) is 0.350.